The number of nitro groups is 1. The van der Waals surface area contributed by atoms with Gasteiger partial charge in [0.15, 0.2) is 0 Å². The molecule has 1 aromatic rings. The van der Waals surface area contributed by atoms with Crippen molar-refractivity contribution in [1.29, 1.82) is 0 Å². The van der Waals surface area contributed by atoms with Crippen LogP contribution in [-0.4, -0.2) is 30.0 Å². The Morgan fingerprint density at radius 2 is 2.00 bits per heavy atom. The van der Waals surface area contributed by atoms with Gasteiger partial charge in [-0.1, -0.05) is 19.9 Å². The molecule has 0 aliphatic heterocycles. The van der Waals surface area contributed by atoms with Crippen LogP contribution in [0.15, 0.2) is 18.2 Å². The maximum atomic E-state index is 10.8. The molecule has 94 valence electrons. The first-order chi connectivity index (χ1) is 8.12. The Morgan fingerprint density at radius 1 is 1.35 bits per heavy atom. The van der Waals surface area contributed by atoms with Crippen LogP contribution in [0.2, 0.25) is 0 Å². The summed E-state index contributed by atoms with van der Waals surface area (Å²) in [5.74, 6) is 0. The van der Waals surface area contributed by atoms with E-state index in [-0.39, 0.29) is 10.6 Å². The standard InChI is InChI=1S/C12H19N3O2/c1-4-14(5-2)9-10-6-7-12(15(16)17)11(8-10)13-3/h6-8,13H,4-5,9H2,1-3H3. The van der Waals surface area contributed by atoms with Crippen LogP contribution in [-0.2, 0) is 6.54 Å². The van der Waals surface area contributed by atoms with Crippen molar-refractivity contribution in [3.63, 3.8) is 0 Å². The molecule has 1 N–H and O–H groups in total. The highest BCUT2D eigenvalue weighted by Gasteiger charge is 2.13. The van der Waals surface area contributed by atoms with E-state index in [1.54, 1.807) is 13.1 Å². The minimum absolute atomic E-state index is 0.121. The Bertz CT molecular complexity index is 389. The van der Waals surface area contributed by atoms with Gasteiger partial charge in [-0.3, -0.25) is 15.0 Å². The highest BCUT2D eigenvalue weighted by molar-refractivity contribution is 5.62. The number of anilines is 1. The Balaban J connectivity index is 2.93. The number of nitro benzene ring substituents is 1. The van der Waals surface area contributed by atoms with E-state index in [2.05, 4.69) is 24.1 Å². The number of rotatable bonds is 6. The van der Waals surface area contributed by atoms with Crippen molar-refractivity contribution in [2.24, 2.45) is 0 Å². The van der Waals surface area contributed by atoms with E-state index in [4.69, 9.17) is 0 Å². The molecule has 5 nitrogen and oxygen atoms in total. The predicted octanol–water partition coefficient (Wildman–Crippen LogP) is 2.48. The summed E-state index contributed by atoms with van der Waals surface area (Å²) in [5.41, 5.74) is 1.78. The van der Waals surface area contributed by atoms with Gasteiger partial charge < -0.3 is 5.32 Å². The van der Waals surface area contributed by atoms with Crippen LogP contribution >= 0.6 is 0 Å². The molecular formula is C12H19N3O2. The second kappa shape index (κ2) is 6.20. The Hall–Kier alpha value is -1.62. The van der Waals surface area contributed by atoms with Crippen molar-refractivity contribution in [3.8, 4) is 0 Å². The molecule has 0 unspecified atom stereocenters. The minimum Gasteiger partial charge on any atom is -0.383 e. The van der Waals surface area contributed by atoms with Crippen LogP contribution in [0.3, 0.4) is 0 Å². The summed E-state index contributed by atoms with van der Waals surface area (Å²) in [6, 6.07) is 5.22. The molecular weight excluding hydrogens is 218 g/mol. The highest BCUT2D eigenvalue weighted by Crippen LogP contribution is 2.25. The first-order valence-corrected chi connectivity index (χ1v) is 5.79. The monoisotopic (exact) mass is 237 g/mol. The molecule has 1 aromatic carbocycles. The van der Waals surface area contributed by atoms with Crippen LogP contribution in [0.5, 0.6) is 0 Å². The van der Waals surface area contributed by atoms with Crippen molar-refractivity contribution < 1.29 is 4.92 Å². The van der Waals surface area contributed by atoms with Crippen molar-refractivity contribution in [3.05, 3.63) is 33.9 Å². The van der Waals surface area contributed by atoms with Gasteiger partial charge in [0.2, 0.25) is 0 Å². The topological polar surface area (TPSA) is 58.4 Å². The first-order valence-electron chi connectivity index (χ1n) is 5.79. The number of benzene rings is 1. The van der Waals surface area contributed by atoms with Gasteiger partial charge in [0, 0.05) is 19.7 Å². The molecule has 0 aliphatic carbocycles. The number of nitrogens with zero attached hydrogens (tertiary/aromatic N) is 2. The summed E-state index contributed by atoms with van der Waals surface area (Å²) in [6.45, 7) is 6.98. The molecule has 0 saturated carbocycles. The van der Waals surface area contributed by atoms with E-state index in [0.29, 0.717) is 5.69 Å². The van der Waals surface area contributed by atoms with Crippen molar-refractivity contribution in [2.75, 3.05) is 25.5 Å². The fraction of sp³-hybridized carbons (Fsp3) is 0.500. The molecule has 0 saturated heterocycles. The molecule has 0 heterocycles. The third-order valence-corrected chi connectivity index (χ3v) is 2.83. The quantitative estimate of drug-likeness (QED) is 0.610. The summed E-state index contributed by atoms with van der Waals surface area (Å²) in [7, 11) is 1.70. The van der Waals surface area contributed by atoms with Crippen LogP contribution in [0.25, 0.3) is 0 Å². The molecule has 5 heteroatoms. The average Bonchev–Trinajstić information content (AvgIpc) is 2.35. The third-order valence-electron chi connectivity index (χ3n) is 2.83. The van der Waals surface area contributed by atoms with E-state index >= 15 is 0 Å². The summed E-state index contributed by atoms with van der Waals surface area (Å²) in [5, 5.41) is 13.6. The molecule has 17 heavy (non-hydrogen) atoms. The summed E-state index contributed by atoms with van der Waals surface area (Å²) >= 11 is 0. The maximum Gasteiger partial charge on any atom is 0.292 e. The van der Waals surface area contributed by atoms with Gasteiger partial charge in [-0.2, -0.15) is 0 Å². The molecule has 0 aliphatic rings. The Morgan fingerprint density at radius 3 is 2.47 bits per heavy atom. The fourth-order valence-corrected chi connectivity index (χ4v) is 1.75. The smallest absolute Gasteiger partial charge is 0.292 e. The number of hydrogen-bond donors (Lipinski definition) is 1. The van der Waals surface area contributed by atoms with Gasteiger partial charge in [0.1, 0.15) is 5.69 Å². The lowest BCUT2D eigenvalue weighted by molar-refractivity contribution is -0.384. The first kappa shape index (κ1) is 13.4. The fourth-order valence-electron chi connectivity index (χ4n) is 1.75. The summed E-state index contributed by atoms with van der Waals surface area (Å²) < 4.78 is 0. The summed E-state index contributed by atoms with van der Waals surface area (Å²) in [4.78, 5) is 12.7. The zero-order valence-corrected chi connectivity index (χ0v) is 10.6. The Labute approximate surface area is 102 Å². The molecule has 0 bridgehead atoms. The van der Waals surface area contributed by atoms with Crippen LogP contribution in [0.4, 0.5) is 11.4 Å². The average molecular weight is 237 g/mol. The largest absolute Gasteiger partial charge is 0.383 e. The predicted molar refractivity (Wildman–Crippen MR) is 69.3 cm³/mol. The number of nitrogens with one attached hydrogen (secondary N) is 1. The van der Waals surface area contributed by atoms with E-state index < -0.39 is 0 Å². The molecule has 0 amide bonds. The SMILES string of the molecule is CCN(CC)Cc1ccc([N+](=O)[O-])c(NC)c1. The maximum absolute atomic E-state index is 10.8. The second-order valence-corrected chi connectivity index (χ2v) is 3.82. The third kappa shape index (κ3) is 3.42. The molecule has 0 fully saturated rings. The molecule has 0 spiro atoms. The lowest BCUT2D eigenvalue weighted by Gasteiger charge is -2.18. The molecule has 0 aromatic heterocycles. The lowest BCUT2D eigenvalue weighted by Crippen LogP contribution is -2.22. The van der Waals surface area contributed by atoms with Crippen molar-refractivity contribution >= 4 is 11.4 Å². The Kier molecular flexibility index (Phi) is 4.90. The second-order valence-electron chi connectivity index (χ2n) is 3.82. The van der Waals surface area contributed by atoms with E-state index in [9.17, 15) is 10.1 Å². The van der Waals surface area contributed by atoms with Crippen LogP contribution in [0.1, 0.15) is 19.4 Å². The van der Waals surface area contributed by atoms with Crippen molar-refractivity contribution in [1.82, 2.24) is 4.90 Å². The molecule has 0 radical (unpaired) electrons. The zero-order chi connectivity index (χ0) is 12.8. The highest BCUT2D eigenvalue weighted by atomic mass is 16.6. The van der Waals surface area contributed by atoms with E-state index in [0.717, 1.165) is 25.2 Å². The van der Waals surface area contributed by atoms with Gasteiger partial charge in [-0.25, -0.2) is 0 Å². The normalized spacial score (nSPS) is 10.6. The van der Waals surface area contributed by atoms with Gasteiger partial charge in [0.25, 0.3) is 5.69 Å². The molecule has 0 atom stereocenters. The van der Waals surface area contributed by atoms with Crippen molar-refractivity contribution in [2.45, 2.75) is 20.4 Å². The molecule has 1 rings (SSSR count). The van der Waals surface area contributed by atoms with Gasteiger partial charge in [0.05, 0.1) is 4.92 Å². The summed E-state index contributed by atoms with van der Waals surface area (Å²) in [6.07, 6.45) is 0. The van der Waals surface area contributed by atoms with Gasteiger partial charge >= 0.3 is 0 Å². The minimum atomic E-state index is -0.368. The van der Waals surface area contributed by atoms with E-state index in [1.165, 1.54) is 0 Å². The lowest BCUT2D eigenvalue weighted by atomic mass is 10.1. The van der Waals surface area contributed by atoms with Crippen LogP contribution in [0, 0.1) is 10.1 Å². The van der Waals surface area contributed by atoms with Gasteiger partial charge in [-0.15, -0.1) is 0 Å². The number of hydrogen-bond acceptors (Lipinski definition) is 4. The van der Waals surface area contributed by atoms with Gasteiger partial charge in [-0.05, 0) is 24.7 Å². The van der Waals surface area contributed by atoms with Crippen LogP contribution < -0.4 is 5.32 Å². The zero-order valence-electron chi connectivity index (χ0n) is 10.6. The van der Waals surface area contributed by atoms with E-state index in [1.807, 2.05) is 12.1 Å².